The highest BCUT2D eigenvalue weighted by Crippen LogP contribution is 2.35. The molecule has 1 fully saturated rings. The van der Waals surface area contributed by atoms with Gasteiger partial charge in [0.05, 0.1) is 6.04 Å². The van der Waals surface area contributed by atoms with E-state index in [-0.39, 0.29) is 23.5 Å². The summed E-state index contributed by atoms with van der Waals surface area (Å²) in [6.07, 6.45) is 4.96. The van der Waals surface area contributed by atoms with Gasteiger partial charge in [-0.25, -0.2) is 9.97 Å². The van der Waals surface area contributed by atoms with E-state index >= 15 is 0 Å². The van der Waals surface area contributed by atoms with Crippen molar-refractivity contribution in [2.24, 2.45) is 0 Å². The number of aryl methyl sites for hydroxylation is 1. The summed E-state index contributed by atoms with van der Waals surface area (Å²) in [7, 11) is 0. The lowest BCUT2D eigenvalue weighted by Gasteiger charge is -2.26. The van der Waals surface area contributed by atoms with Crippen LogP contribution in [0.3, 0.4) is 0 Å². The van der Waals surface area contributed by atoms with Crippen molar-refractivity contribution in [1.29, 1.82) is 0 Å². The number of nitrogens with two attached hydrogens (primary N) is 1. The first-order valence-electron chi connectivity index (χ1n) is 7.53. The van der Waals surface area contributed by atoms with E-state index in [2.05, 4.69) is 42.0 Å². The third-order valence-electron chi connectivity index (χ3n) is 4.45. The zero-order valence-corrected chi connectivity index (χ0v) is 12.9. The average molecular weight is 296 g/mol. The van der Waals surface area contributed by atoms with Gasteiger partial charge in [0.2, 0.25) is 0 Å². The van der Waals surface area contributed by atoms with Crippen molar-refractivity contribution < 1.29 is 4.79 Å². The van der Waals surface area contributed by atoms with Crippen molar-refractivity contribution in [1.82, 2.24) is 14.9 Å². The minimum absolute atomic E-state index is 0.0915. The minimum Gasteiger partial charge on any atom is -0.382 e. The number of aromatic nitrogens is 2. The summed E-state index contributed by atoms with van der Waals surface area (Å²) in [6.45, 7) is 4.94. The summed E-state index contributed by atoms with van der Waals surface area (Å²) in [6, 6.07) is 6.35. The molecular weight excluding hydrogens is 276 g/mol. The van der Waals surface area contributed by atoms with Gasteiger partial charge in [-0.3, -0.25) is 4.79 Å². The molecule has 1 aromatic heterocycles. The molecule has 1 unspecified atom stereocenters. The van der Waals surface area contributed by atoms with Crippen LogP contribution in [-0.4, -0.2) is 27.3 Å². The smallest absolute Gasteiger partial charge is 0.276 e. The van der Waals surface area contributed by atoms with Crippen LogP contribution >= 0.6 is 0 Å². The van der Waals surface area contributed by atoms with Crippen LogP contribution < -0.4 is 5.73 Å². The Kier molecular flexibility index (Phi) is 3.79. The van der Waals surface area contributed by atoms with Gasteiger partial charge < -0.3 is 10.6 Å². The molecule has 0 aliphatic carbocycles. The molecule has 22 heavy (non-hydrogen) atoms. The summed E-state index contributed by atoms with van der Waals surface area (Å²) in [5.74, 6) is 0.0631. The Bertz CT molecular complexity index is 714. The normalized spacial score (nSPS) is 17.7. The van der Waals surface area contributed by atoms with Crippen molar-refractivity contribution in [2.45, 2.75) is 32.7 Å². The van der Waals surface area contributed by atoms with Crippen molar-refractivity contribution in [3.8, 4) is 0 Å². The number of benzene rings is 1. The van der Waals surface area contributed by atoms with Crippen molar-refractivity contribution in [2.75, 3.05) is 12.3 Å². The largest absolute Gasteiger partial charge is 0.382 e. The van der Waals surface area contributed by atoms with Crippen LogP contribution in [0.2, 0.25) is 0 Å². The van der Waals surface area contributed by atoms with Crippen LogP contribution in [0, 0.1) is 13.8 Å². The molecule has 1 aliphatic heterocycles. The quantitative estimate of drug-likeness (QED) is 0.924. The van der Waals surface area contributed by atoms with Crippen LogP contribution in [0.15, 0.2) is 30.6 Å². The van der Waals surface area contributed by atoms with Crippen molar-refractivity contribution in [3.05, 3.63) is 53.0 Å². The molecule has 2 heterocycles. The van der Waals surface area contributed by atoms with Gasteiger partial charge in [-0.2, -0.15) is 0 Å². The second kappa shape index (κ2) is 5.75. The Balaban J connectivity index is 1.95. The molecule has 0 radical (unpaired) electrons. The summed E-state index contributed by atoms with van der Waals surface area (Å²) in [4.78, 5) is 22.7. The fourth-order valence-electron chi connectivity index (χ4n) is 3.12. The van der Waals surface area contributed by atoms with Crippen LogP contribution in [0.5, 0.6) is 0 Å². The van der Waals surface area contributed by atoms with Gasteiger partial charge in [-0.15, -0.1) is 0 Å². The number of likely N-dealkylation sites (tertiary alicyclic amines) is 1. The van der Waals surface area contributed by atoms with Crippen LogP contribution in [0.25, 0.3) is 0 Å². The monoisotopic (exact) mass is 296 g/mol. The Labute approximate surface area is 130 Å². The fraction of sp³-hybridized carbons (Fsp3) is 0.353. The number of nitrogens with zero attached hydrogens (tertiary/aromatic N) is 3. The molecule has 0 bridgehead atoms. The zero-order valence-electron chi connectivity index (χ0n) is 12.9. The topological polar surface area (TPSA) is 72.1 Å². The highest BCUT2D eigenvalue weighted by molar-refractivity contribution is 5.96. The standard InChI is InChI=1S/C17H20N4O/c1-11-5-3-6-13(12(11)2)14-7-4-10-21(14)17(22)15-16(18)20-9-8-19-15/h3,5-6,8-9,14H,4,7,10H2,1-2H3,(H2,18,20). The SMILES string of the molecule is Cc1cccc(C2CCCN2C(=O)c2nccnc2N)c1C. The van der Waals surface area contributed by atoms with Crippen molar-refractivity contribution >= 4 is 11.7 Å². The first-order chi connectivity index (χ1) is 10.6. The molecule has 1 aliphatic rings. The number of hydrogen-bond acceptors (Lipinski definition) is 4. The van der Waals surface area contributed by atoms with Gasteiger partial charge in [-0.1, -0.05) is 18.2 Å². The van der Waals surface area contributed by atoms with E-state index in [1.54, 1.807) is 0 Å². The molecule has 5 heteroatoms. The lowest BCUT2D eigenvalue weighted by atomic mass is 9.96. The van der Waals surface area contributed by atoms with E-state index in [0.717, 1.165) is 19.4 Å². The van der Waals surface area contributed by atoms with Crippen LogP contribution in [-0.2, 0) is 0 Å². The third-order valence-corrected chi connectivity index (χ3v) is 4.45. The number of rotatable bonds is 2. The second-order valence-electron chi connectivity index (χ2n) is 5.74. The van der Waals surface area contributed by atoms with Crippen molar-refractivity contribution in [3.63, 3.8) is 0 Å². The number of carbonyl (C=O) groups excluding carboxylic acids is 1. The van der Waals surface area contributed by atoms with Crippen LogP contribution in [0.1, 0.15) is 46.1 Å². The average Bonchev–Trinajstić information content (AvgIpc) is 2.99. The molecule has 1 aromatic carbocycles. The summed E-state index contributed by atoms with van der Waals surface area (Å²) < 4.78 is 0. The van der Waals surface area contributed by atoms with Gasteiger partial charge in [0.25, 0.3) is 5.91 Å². The van der Waals surface area contributed by atoms with E-state index in [9.17, 15) is 4.79 Å². The molecule has 2 aromatic rings. The van der Waals surface area contributed by atoms with Crippen LogP contribution in [0.4, 0.5) is 5.82 Å². The number of carbonyl (C=O) groups is 1. The lowest BCUT2D eigenvalue weighted by molar-refractivity contribution is 0.0730. The predicted octanol–water partition coefficient (Wildman–Crippen LogP) is 2.65. The molecule has 0 spiro atoms. The van der Waals surface area contributed by atoms with E-state index in [1.807, 2.05) is 4.90 Å². The molecular formula is C17H20N4O. The third kappa shape index (κ3) is 2.43. The highest BCUT2D eigenvalue weighted by atomic mass is 16.2. The first-order valence-corrected chi connectivity index (χ1v) is 7.53. The molecule has 114 valence electrons. The second-order valence-corrected chi connectivity index (χ2v) is 5.74. The Morgan fingerprint density at radius 1 is 1.27 bits per heavy atom. The maximum absolute atomic E-state index is 12.8. The predicted molar refractivity (Wildman–Crippen MR) is 85.4 cm³/mol. The number of anilines is 1. The molecule has 3 rings (SSSR count). The van der Waals surface area contributed by atoms with E-state index in [4.69, 9.17) is 5.73 Å². The Hall–Kier alpha value is -2.43. The first kappa shape index (κ1) is 14.5. The summed E-state index contributed by atoms with van der Waals surface area (Å²) in [5, 5.41) is 0. The molecule has 1 amide bonds. The maximum atomic E-state index is 12.8. The molecule has 1 atom stereocenters. The number of amides is 1. The van der Waals surface area contributed by atoms with Gasteiger partial charge in [-0.05, 0) is 43.4 Å². The van der Waals surface area contributed by atoms with Gasteiger partial charge in [0, 0.05) is 18.9 Å². The lowest BCUT2D eigenvalue weighted by Crippen LogP contribution is -2.32. The zero-order chi connectivity index (χ0) is 15.7. The molecule has 5 nitrogen and oxygen atoms in total. The minimum atomic E-state index is -0.131. The van der Waals surface area contributed by atoms with E-state index in [1.165, 1.54) is 29.1 Å². The number of hydrogen-bond donors (Lipinski definition) is 1. The fourth-order valence-corrected chi connectivity index (χ4v) is 3.12. The van der Waals surface area contributed by atoms with E-state index < -0.39 is 0 Å². The highest BCUT2D eigenvalue weighted by Gasteiger charge is 2.33. The maximum Gasteiger partial charge on any atom is 0.276 e. The number of nitrogen functional groups attached to an aromatic ring is 1. The van der Waals surface area contributed by atoms with E-state index in [0.29, 0.717) is 0 Å². The molecule has 0 saturated carbocycles. The van der Waals surface area contributed by atoms with Gasteiger partial charge in [0.1, 0.15) is 0 Å². The Morgan fingerprint density at radius 3 is 2.82 bits per heavy atom. The molecule has 2 N–H and O–H groups in total. The Morgan fingerprint density at radius 2 is 2.05 bits per heavy atom. The van der Waals surface area contributed by atoms with Gasteiger partial charge >= 0.3 is 0 Å². The summed E-state index contributed by atoms with van der Waals surface area (Å²) >= 11 is 0. The molecule has 1 saturated heterocycles. The summed E-state index contributed by atoms with van der Waals surface area (Å²) in [5.41, 5.74) is 9.77. The van der Waals surface area contributed by atoms with Gasteiger partial charge in [0.15, 0.2) is 11.5 Å².